The van der Waals surface area contributed by atoms with Crippen molar-refractivity contribution in [3.05, 3.63) is 82.5 Å². The number of hydrogen-bond acceptors (Lipinski definition) is 4. The fourth-order valence-corrected chi connectivity index (χ4v) is 2.81. The Kier molecular flexibility index (Phi) is 4.50. The van der Waals surface area contributed by atoms with E-state index in [0.29, 0.717) is 29.2 Å². The number of oxazole rings is 1. The second-order valence-electron chi connectivity index (χ2n) is 5.73. The molecule has 4 aromatic rings. The number of halogens is 1. The minimum absolute atomic E-state index is 0.105. The standard InChI is InChI=1S/C20H14BrN3O2/c21-16-9-7-14(8-10-16)19(25)23-12-13-3-5-15(6-4-13)20-24-18-17(26-20)2-1-11-22-18/h1-11H,12H2,(H,23,25). The Morgan fingerprint density at radius 1 is 1.04 bits per heavy atom. The lowest BCUT2D eigenvalue weighted by Gasteiger charge is -2.06. The molecule has 128 valence electrons. The molecule has 2 heterocycles. The molecule has 26 heavy (non-hydrogen) atoms. The summed E-state index contributed by atoms with van der Waals surface area (Å²) in [6.45, 7) is 0.449. The van der Waals surface area contributed by atoms with Crippen LogP contribution < -0.4 is 5.32 Å². The van der Waals surface area contributed by atoms with Gasteiger partial charge in [0.25, 0.3) is 5.91 Å². The van der Waals surface area contributed by atoms with Crippen LogP contribution in [0.5, 0.6) is 0 Å². The molecule has 6 heteroatoms. The zero-order chi connectivity index (χ0) is 17.9. The van der Waals surface area contributed by atoms with Crippen molar-refractivity contribution >= 4 is 33.1 Å². The Labute approximate surface area is 158 Å². The normalized spacial score (nSPS) is 10.8. The van der Waals surface area contributed by atoms with Gasteiger partial charge in [-0.25, -0.2) is 4.98 Å². The molecule has 0 fully saturated rings. The number of fused-ring (bicyclic) bond motifs is 1. The zero-order valence-corrected chi connectivity index (χ0v) is 15.2. The summed E-state index contributed by atoms with van der Waals surface area (Å²) in [4.78, 5) is 20.7. The van der Waals surface area contributed by atoms with E-state index in [1.165, 1.54) is 0 Å². The molecule has 0 saturated heterocycles. The SMILES string of the molecule is O=C(NCc1ccc(-c2nc3ncccc3o2)cc1)c1ccc(Br)cc1. The van der Waals surface area contributed by atoms with E-state index < -0.39 is 0 Å². The first kappa shape index (κ1) is 16.5. The van der Waals surface area contributed by atoms with Gasteiger partial charge in [0.2, 0.25) is 5.89 Å². The van der Waals surface area contributed by atoms with Crippen molar-refractivity contribution in [1.29, 1.82) is 0 Å². The van der Waals surface area contributed by atoms with E-state index in [1.54, 1.807) is 18.3 Å². The molecule has 1 amide bonds. The van der Waals surface area contributed by atoms with E-state index >= 15 is 0 Å². The number of carbonyl (C=O) groups is 1. The minimum Gasteiger partial charge on any atom is -0.434 e. The van der Waals surface area contributed by atoms with Crippen LogP contribution in [0.1, 0.15) is 15.9 Å². The van der Waals surface area contributed by atoms with Crippen LogP contribution in [0, 0.1) is 0 Å². The lowest BCUT2D eigenvalue weighted by atomic mass is 10.1. The highest BCUT2D eigenvalue weighted by Gasteiger charge is 2.09. The summed E-state index contributed by atoms with van der Waals surface area (Å²) < 4.78 is 6.66. The number of aromatic nitrogens is 2. The van der Waals surface area contributed by atoms with Crippen molar-refractivity contribution in [3.63, 3.8) is 0 Å². The third-order valence-corrected chi connectivity index (χ3v) is 4.45. The highest BCUT2D eigenvalue weighted by atomic mass is 79.9. The Bertz CT molecular complexity index is 1020. The van der Waals surface area contributed by atoms with Gasteiger partial charge in [-0.1, -0.05) is 28.1 Å². The first-order chi connectivity index (χ1) is 12.7. The van der Waals surface area contributed by atoms with Crippen LogP contribution in [0.4, 0.5) is 0 Å². The molecular formula is C20H14BrN3O2. The van der Waals surface area contributed by atoms with E-state index in [1.807, 2.05) is 48.5 Å². The number of nitrogens with zero attached hydrogens (tertiary/aromatic N) is 2. The lowest BCUT2D eigenvalue weighted by Crippen LogP contribution is -2.22. The van der Waals surface area contributed by atoms with Gasteiger partial charge in [-0.05, 0) is 54.1 Å². The van der Waals surface area contributed by atoms with Gasteiger partial charge in [0.05, 0.1) is 0 Å². The second kappa shape index (κ2) is 7.09. The van der Waals surface area contributed by atoms with Crippen molar-refractivity contribution in [3.8, 4) is 11.5 Å². The quantitative estimate of drug-likeness (QED) is 0.537. The summed E-state index contributed by atoms with van der Waals surface area (Å²) in [5.74, 6) is 0.427. The van der Waals surface area contributed by atoms with Crippen molar-refractivity contribution < 1.29 is 9.21 Å². The Morgan fingerprint density at radius 2 is 1.81 bits per heavy atom. The number of carbonyl (C=O) groups excluding carboxylic acids is 1. The van der Waals surface area contributed by atoms with Gasteiger partial charge < -0.3 is 9.73 Å². The van der Waals surface area contributed by atoms with Gasteiger partial charge in [0, 0.05) is 28.3 Å². The molecule has 0 aliphatic heterocycles. The van der Waals surface area contributed by atoms with Crippen LogP contribution in [0.25, 0.3) is 22.7 Å². The van der Waals surface area contributed by atoms with Gasteiger partial charge in [-0.3, -0.25) is 4.79 Å². The molecule has 0 aliphatic rings. The van der Waals surface area contributed by atoms with E-state index in [0.717, 1.165) is 15.6 Å². The summed E-state index contributed by atoms with van der Waals surface area (Å²) >= 11 is 3.36. The number of rotatable bonds is 4. The topological polar surface area (TPSA) is 68.0 Å². The second-order valence-corrected chi connectivity index (χ2v) is 6.65. The Balaban J connectivity index is 1.44. The molecule has 2 aromatic carbocycles. The summed E-state index contributed by atoms with van der Waals surface area (Å²) in [5.41, 5.74) is 3.74. The lowest BCUT2D eigenvalue weighted by molar-refractivity contribution is 0.0951. The molecule has 2 aromatic heterocycles. The predicted octanol–water partition coefficient (Wildman–Crippen LogP) is 4.58. The highest BCUT2D eigenvalue weighted by molar-refractivity contribution is 9.10. The van der Waals surface area contributed by atoms with E-state index in [4.69, 9.17) is 4.42 Å². The molecule has 0 saturated carbocycles. The Hall–Kier alpha value is -2.99. The average molecular weight is 408 g/mol. The smallest absolute Gasteiger partial charge is 0.251 e. The minimum atomic E-state index is -0.105. The van der Waals surface area contributed by atoms with Crippen LogP contribution >= 0.6 is 15.9 Å². The van der Waals surface area contributed by atoms with Gasteiger partial charge in [-0.15, -0.1) is 0 Å². The van der Waals surface area contributed by atoms with E-state index in [2.05, 4.69) is 31.2 Å². The molecule has 0 spiro atoms. The van der Waals surface area contributed by atoms with E-state index in [9.17, 15) is 4.79 Å². The monoisotopic (exact) mass is 407 g/mol. The molecule has 0 unspecified atom stereocenters. The van der Waals surface area contributed by atoms with Crippen molar-refractivity contribution in [2.45, 2.75) is 6.54 Å². The molecule has 0 atom stereocenters. The first-order valence-corrected chi connectivity index (χ1v) is 8.83. The fourth-order valence-electron chi connectivity index (χ4n) is 2.54. The third kappa shape index (κ3) is 3.50. The molecule has 0 bridgehead atoms. The number of hydrogen-bond donors (Lipinski definition) is 1. The molecule has 4 rings (SSSR count). The number of nitrogens with one attached hydrogen (secondary N) is 1. The maximum absolute atomic E-state index is 12.2. The first-order valence-electron chi connectivity index (χ1n) is 8.04. The van der Waals surface area contributed by atoms with Crippen LogP contribution in [-0.4, -0.2) is 15.9 Å². The maximum Gasteiger partial charge on any atom is 0.251 e. The largest absolute Gasteiger partial charge is 0.434 e. The van der Waals surface area contributed by atoms with Crippen LogP contribution in [0.3, 0.4) is 0 Å². The summed E-state index contributed by atoms with van der Waals surface area (Å²) in [5, 5.41) is 2.91. The highest BCUT2D eigenvalue weighted by Crippen LogP contribution is 2.23. The number of pyridine rings is 1. The molecule has 1 N–H and O–H groups in total. The number of amides is 1. The molecule has 0 radical (unpaired) electrons. The molecule has 0 aliphatic carbocycles. The number of benzene rings is 2. The maximum atomic E-state index is 12.2. The Morgan fingerprint density at radius 3 is 2.54 bits per heavy atom. The van der Waals surface area contributed by atoms with Gasteiger partial charge in [0.1, 0.15) is 0 Å². The molecule has 5 nitrogen and oxygen atoms in total. The summed E-state index contributed by atoms with van der Waals surface area (Å²) in [6, 6.07) is 18.6. The van der Waals surface area contributed by atoms with E-state index in [-0.39, 0.29) is 5.91 Å². The van der Waals surface area contributed by atoms with Gasteiger partial charge >= 0.3 is 0 Å². The van der Waals surface area contributed by atoms with Crippen LogP contribution in [-0.2, 0) is 6.54 Å². The molecular weight excluding hydrogens is 394 g/mol. The summed E-state index contributed by atoms with van der Waals surface area (Å²) in [6.07, 6.45) is 1.69. The summed E-state index contributed by atoms with van der Waals surface area (Å²) in [7, 11) is 0. The van der Waals surface area contributed by atoms with Crippen molar-refractivity contribution in [2.75, 3.05) is 0 Å². The van der Waals surface area contributed by atoms with Crippen LogP contribution in [0.15, 0.2) is 75.8 Å². The fraction of sp³-hybridized carbons (Fsp3) is 0.0500. The third-order valence-electron chi connectivity index (χ3n) is 3.93. The average Bonchev–Trinajstić information content (AvgIpc) is 3.11. The van der Waals surface area contributed by atoms with Gasteiger partial charge in [-0.2, -0.15) is 4.98 Å². The zero-order valence-electron chi connectivity index (χ0n) is 13.6. The van der Waals surface area contributed by atoms with Crippen molar-refractivity contribution in [2.24, 2.45) is 0 Å². The van der Waals surface area contributed by atoms with Crippen LogP contribution in [0.2, 0.25) is 0 Å². The van der Waals surface area contributed by atoms with Crippen molar-refractivity contribution in [1.82, 2.24) is 15.3 Å². The predicted molar refractivity (Wildman–Crippen MR) is 103 cm³/mol. The van der Waals surface area contributed by atoms with Gasteiger partial charge in [0.15, 0.2) is 11.2 Å².